The summed E-state index contributed by atoms with van der Waals surface area (Å²) in [6, 6.07) is 16.4. The fraction of sp³-hybridized carbons (Fsp3) is 0.150. The van der Waals surface area contributed by atoms with Crippen LogP contribution in [0.1, 0.15) is 11.1 Å². The Hall–Kier alpha value is -2.75. The number of benzene rings is 2. The van der Waals surface area contributed by atoms with Crippen molar-refractivity contribution in [2.45, 2.75) is 18.6 Å². The molecule has 0 radical (unpaired) electrons. The van der Waals surface area contributed by atoms with E-state index in [9.17, 15) is 14.9 Å². The van der Waals surface area contributed by atoms with Crippen molar-refractivity contribution in [3.63, 3.8) is 0 Å². The Kier molecular flexibility index (Phi) is 5.54. The Morgan fingerprint density at radius 1 is 1.22 bits per heavy atom. The van der Waals surface area contributed by atoms with E-state index in [0.717, 1.165) is 11.1 Å². The average molecular weight is 398 g/mol. The number of aryl methyl sites for hydroxylation is 1. The second kappa shape index (κ2) is 7.87. The molecular formula is C20H16ClN3O2S. The van der Waals surface area contributed by atoms with Crippen LogP contribution in [0.2, 0.25) is 5.02 Å². The molecule has 2 N–H and O–H groups in total. The molecular weight excluding hydrogens is 382 g/mol. The van der Waals surface area contributed by atoms with Crippen molar-refractivity contribution in [3.05, 3.63) is 75.3 Å². The summed E-state index contributed by atoms with van der Waals surface area (Å²) < 4.78 is 0. The number of nitrogens with two attached hydrogens (primary N) is 1. The van der Waals surface area contributed by atoms with E-state index in [4.69, 9.17) is 17.3 Å². The van der Waals surface area contributed by atoms with Crippen molar-refractivity contribution < 1.29 is 9.59 Å². The van der Waals surface area contributed by atoms with Crippen molar-refractivity contribution in [2.75, 3.05) is 4.90 Å². The molecule has 2 amide bonds. The predicted octanol–water partition coefficient (Wildman–Crippen LogP) is 3.56. The molecule has 136 valence electrons. The minimum atomic E-state index is -0.850. The van der Waals surface area contributed by atoms with Gasteiger partial charge in [0.05, 0.1) is 5.25 Å². The first-order valence-electron chi connectivity index (χ1n) is 8.16. The van der Waals surface area contributed by atoms with Gasteiger partial charge < -0.3 is 5.73 Å². The van der Waals surface area contributed by atoms with Gasteiger partial charge in [0.2, 0.25) is 5.91 Å². The summed E-state index contributed by atoms with van der Waals surface area (Å²) in [6.45, 7) is 1.94. The number of nitriles is 1. The van der Waals surface area contributed by atoms with Crippen molar-refractivity contribution in [1.82, 2.24) is 0 Å². The van der Waals surface area contributed by atoms with Crippen LogP contribution < -0.4 is 10.6 Å². The molecule has 2 aromatic rings. The largest absolute Gasteiger partial charge is 0.365 e. The molecule has 0 unspecified atom stereocenters. The molecule has 2 aromatic carbocycles. The molecule has 0 saturated carbocycles. The van der Waals surface area contributed by atoms with Gasteiger partial charge in [-0.25, -0.2) is 0 Å². The van der Waals surface area contributed by atoms with Crippen molar-refractivity contribution >= 4 is 40.9 Å². The number of hydrogen-bond donors (Lipinski definition) is 1. The molecule has 0 spiro atoms. The van der Waals surface area contributed by atoms with E-state index in [1.165, 1.54) is 16.7 Å². The smallest absolute Gasteiger partial charge is 0.262 e. The highest BCUT2D eigenvalue weighted by Crippen LogP contribution is 2.41. The predicted molar refractivity (Wildman–Crippen MR) is 107 cm³/mol. The summed E-state index contributed by atoms with van der Waals surface area (Å²) in [6.07, 6.45) is 0.448. The molecule has 1 aliphatic rings. The van der Waals surface area contributed by atoms with Crippen LogP contribution in [0, 0.1) is 18.3 Å². The molecule has 1 heterocycles. The van der Waals surface area contributed by atoms with Gasteiger partial charge in [-0.3, -0.25) is 14.5 Å². The van der Waals surface area contributed by atoms with Gasteiger partial charge in [0.1, 0.15) is 16.7 Å². The second-order valence-electron chi connectivity index (χ2n) is 6.10. The molecule has 1 aliphatic heterocycles. The number of amides is 2. The first-order valence-corrected chi connectivity index (χ1v) is 9.42. The average Bonchev–Trinajstić information content (AvgIpc) is 2.94. The van der Waals surface area contributed by atoms with E-state index in [-0.39, 0.29) is 16.5 Å². The molecule has 1 saturated heterocycles. The van der Waals surface area contributed by atoms with E-state index in [1.54, 1.807) is 24.3 Å². The number of carbonyl (C=O) groups is 2. The number of rotatable bonds is 4. The van der Waals surface area contributed by atoms with Crippen LogP contribution in [0.15, 0.2) is 59.1 Å². The Balaban J connectivity index is 2.01. The quantitative estimate of drug-likeness (QED) is 0.631. The second-order valence-corrected chi connectivity index (χ2v) is 7.73. The first-order chi connectivity index (χ1) is 12.9. The molecule has 1 fully saturated rings. The molecule has 5 nitrogen and oxygen atoms in total. The van der Waals surface area contributed by atoms with Gasteiger partial charge in [0, 0.05) is 10.7 Å². The molecule has 0 bridgehead atoms. The van der Waals surface area contributed by atoms with Gasteiger partial charge in [0.15, 0.2) is 0 Å². The maximum absolute atomic E-state index is 13.1. The lowest BCUT2D eigenvalue weighted by Crippen LogP contribution is -2.31. The Labute approximate surface area is 166 Å². The highest BCUT2D eigenvalue weighted by Gasteiger charge is 2.40. The van der Waals surface area contributed by atoms with Gasteiger partial charge in [-0.2, -0.15) is 5.26 Å². The van der Waals surface area contributed by atoms with E-state index in [1.807, 2.05) is 37.3 Å². The van der Waals surface area contributed by atoms with E-state index < -0.39 is 11.2 Å². The molecule has 3 rings (SSSR count). The fourth-order valence-corrected chi connectivity index (χ4v) is 4.21. The molecule has 27 heavy (non-hydrogen) atoms. The van der Waals surface area contributed by atoms with Gasteiger partial charge in [-0.1, -0.05) is 53.2 Å². The molecule has 1 atom stereocenters. The zero-order valence-corrected chi connectivity index (χ0v) is 16.1. The van der Waals surface area contributed by atoms with Crippen molar-refractivity contribution in [3.8, 4) is 6.07 Å². The summed E-state index contributed by atoms with van der Waals surface area (Å²) in [5.41, 5.74) is 7.73. The van der Waals surface area contributed by atoms with E-state index >= 15 is 0 Å². The van der Waals surface area contributed by atoms with Gasteiger partial charge >= 0.3 is 0 Å². The van der Waals surface area contributed by atoms with Gasteiger partial charge in [-0.05, 0) is 43.2 Å². The minimum absolute atomic E-state index is 0.192. The Bertz CT molecular complexity index is 962. The maximum atomic E-state index is 13.1. The summed E-state index contributed by atoms with van der Waals surface area (Å²) in [5.74, 6) is -1.04. The summed E-state index contributed by atoms with van der Waals surface area (Å²) in [7, 11) is 0. The molecule has 0 aliphatic carbocycles. The Morgan fingerprint density at radius 2 is 1.85 bits per heavy atom. The third kappa shape index (κ3) is 4.00. The van der Waals surface area contributed by atoms with Gasteiger partial charge in [-0.15, -0.1) is 0 Å². The van der Waals surface area contributed by atoms with E-state index in [0.29, 0.717) is 17.1 Å². The summed E-state index contributed by atoms with van der Waals surface area (Å²) in [4.78, 5) is 26.2. The number of thioether (sulfide) groups is 1. The fourth-order valence-electron chi connectivity index (χ4n) is 2.76. The first kappa shape index (κ1) is 19.0. The lowest BCUT2D eigenvalue weighted by atomic mass is 10.1. The highest BCUT2D eigenvalue weighted by molar-refractivity contribution is 8.05. The van der Waals surface area contributed by atoms with Crippen LogP contribution in [0.4, 0.5) is 5.69 Å². The zero-order valence-electron chi connectivity index (χ0n) is 14.5. The van der Waals surface area contributed by atoms with Crippen molar-refractivity contribution in [2.24, 2.45) is 5.73 Å². The molecule has 0 aromatic heterocycles. The summed E-state index contributed by atoms with van der Waals surface area (Å²) in [5, 5.41) is 9.81. The molecule has 7 heteroatoms. The number of hydrogen-bond acceptors (Lipinski definition) is 4. The van der Waals surface area contributed by atoms with Crippen LogP contribution in [-0.4, -0.2) is 17.1 Å². The van der Waals surface area contributed by atoms with Crippen molar-refractivity contribution in [1.29, 1.82) is 5.26 Å². The van der Waals surface area contributed by atoms with Crippen LogP contribution in [0.3, 0.4) is 0 Å². The third-order valence-electron chi connectivity index (χ3n) is 4.15. The van der Waals surface area contributed by atoms with E-state index in [2.05, 4.69) is 0 Å². The lowest BCUT2D eigenvalue weighted by Gasteiger charge is -2.18. The van der Waals surface area contributed by atoms with Crippen LogP contribution in [0.25, 0.3) is 0 Å². The summed E-state index contributed by atoms with van der Waals surface area (Å²) >= 11 is 7.10. The lowest BCUT2D eigenvalue weighted by molar-refractivity contribution is -0.117. The number of anilines is 1. The number of primary amides is 1. The van der Waals surface area contributed by atoms with Gasteiger partial charge in [0.25, 0.3) is 5.91 Å². The SMILES string of the molecule is Cc1ccc(N2C(=O)[C@@H](Cc3ccc(Cl)cc3)S/C2=C(/C#N)C(N)=O)cc1. The monoisotopic (exact) mass is 397 g/mol. The maximum Gasteiger partial charge on any atom is 0.262 e. The Morgan fingerprint density at radius 3 is 2.41 bits per heavy atom. The minimum Gasteiger partial charge on any atom is -0.365 e. The standard InChI is InChI=1S/C20H16ClN3O2S/c1-12-2-8-15(9-3-12)24-19(26)17(10-13-4-6-14(21)7-5-13)27-20(24)16(11-22)18(23)25/h2-9,17H,10H2,1H3,(H2,23,25)/b20-16-/t17-/m1/s1. The zero-order chi connectivity index (χ0) is 19.6. The number of nitrogens with zero attached hydrogens (tertiary/aromatic N) is 2. The van der Waals surface area contributed by atoms with Crippen LogP contribution in [0.5, 0.6) is 0 Å². The van der Waals surface area contributed by atoms with Crippen LogP contribution >= 0.6 is 23.4 Å². The highest BCUT2D eigenvalue weighted by atomic mass is 35.5. The third-order valence-corrected chi connectivity index (χ3v) is 5.67. The van der Waals surface area contributed by atoms with Crippen LogP contribution in [-0.2, 0) is 16.0 Å². The normalized spacial score (nSPS) is 18.3. The number of halogens is 1. The topological polar surface area (TPSA) is 87.2 Å². The number of carbonyl (C=O) groups excluding carboxylic acids is 2.